The number of hydrogen-bond acceptors (Lipinski definition) is 2. The molecule has 0 saturated carbocycles. The maximum atomic E-state index is 10.6. The third kappa shape index (κ3) is 12.7. The maximum absolute atomic E-state index is 10.6. The molecule has 0 aliphatic rings. The van der Waals surface area contributed by atoms with Crippen molar-refractivity contribution >= 4 is 11.5 Å². The van der Waals surface area contributed by atoms with Crippen LogP contribution in [0.25, 0.3) is 5.57 Å². The van der Waals surface area contributed by atoms with Gasteiger partial charge in [-0.25, -0.2) is 4.79 Å². The molecule has 0 aromatic heterocycles. The molecule has 1 rings (SSSR count). The summed E-state index contributed by atoms with van der Waals surface area (Å²) in [6, 6.07) is 9.42. The summed E-state index contributed by atoms with van der Waals surface area (Å²) in [6.45, 7) is 19.5. The SMILES string of the molecule is C=C(C(=C=O)OCC)c1ccccc1.[C-]#[O+].[C-]#[O+].[C-]#[O+].[Fe]. The van der Waals surface area contributed by atoms with Gasteiger partial charge >= 0.3 is 33.9 Å². The van der Waals surface area contributed by atoms with Gasteiger partial charge < -0.3 is 4.74 Å². The molecule has 0 aliphatic carbocycles. The summed E-state index contributed by atoms with van der Waals surface area (Å²) in [4.78, 5) is 10.6. The molecule has 0 amide bonds. The minimum absolute atomic E-state index is 0. The zero-order valence-electron chi connectivity index (χ0n) is 11.2. The minimum Gasteiger partial charge on any atom is 0 e. The number of hydrogen-bond donors (Lipinski definition) is 0. The van der Waals surface area contributed by atoms with Gasteiger partial charge in [-0.2, -0.15) is 0 Å². The van der Waals surface area contributed by atoms with Crippen LogP contribution in [0.2, 0.25) is 0 Å². The second-order valence-electron chi connectivity index (χ2n) is 2.71. The molecule has 0 aliphatic heterocycles. The molecular weight excluding hydrogens is 316 g/mol. The van der Waals surface area contributed by atoms with E-state index in [1.807, 2.05) is 37.3 Å². The van der Waals surface area contributed by atoms with Crippen molar-refractivity contribution in [3.8, 4) is 0 Å². The average molecular weight is 328 g/mol. The Hall–Kier alpha value is -2.05. The first-order valence-electron chi connectivity index (χ1n) is 5.03. The molecule has 0 fully saturated rings. The summed E-state index contributed by atoms with van der Waals surface area (Å²) in [5.74, 6) is 1.93. The quantitative estimate of drug-likeness (QED) is 0.212. The second-order valence-corrected chi connectivity index (χ2v) is 2.71. The molecule has 1 aromatic rings. The van der Waals surface area contributed by atoms with E-state index in [-0.39, 0.29) is 22.8 Å². The first-order valence-corrected chi connectivity index (χ1v) is 5.03. The van der Waals surface area contributed by atoms with E-state index in [0.29, 0.717) is 12.2 Å². The number of rotatable bonds is 4. The molecule has 0 atom stereocenters. The number of allylic oxidation sites excluding steroid dienone is 1. The Morgan fingerprint density at radius 3 is 1.90 bits per heavy atom. The van der Waals surface area contributed by atoms with Crippen LogP contribution in [0, 0.1) is 20.0 Å². The topological polar surface area (TPSA) is 86.0 Å². The van der Waals surface area contributed by atoms with Crippen molar-refractivity contribution in [3.05, 3.63) is 68.2 Å². The van der Waals surface area contributed by atoms with Gasteiger partial charge in [-0.1, -0.05) is 36.9 Å². The Balaban J connectivity index is -0.000000183. The second kappa shape index (κ2) is 23.1. The molecule has 0 bridgehead atoms. The van der Waals surface area contributed by atoms with Gasteiger partial charge in [0.1, 0.15) is 0 Å². The fourth-order valence-corrected chi connectivity index (χ4v) is 1.09. The molecule has 0 spiro atoms. The smallest absolute Gasteiger partial charge is 0 e. The number of ether oxygens (including phenoxy) is 1. The molecule has 6 heteroatoms. The van der Waals surface area contributed by atoms with Crippen LogP contribution in [0.1, 0.15) is 12.5 Å². The fraction of sp³-hybridized carbons (Fsp3) is 0.133. The third-order valence-corrected chi connectivity index (χ3v) is 1.78. The largest absolute Gasteiger partial charge is 0 e. The summed E-state index contributed by atoms with van der Waals surface area (Å²) < 4.78 is 27.6. The predicted molar refractivity (Wildman–Crippen MR) is 68.1 cm³/mol. The van der Waals surface area contributed by atoms with Gasteiger partial charge in [-0.15, -0.1) is 0 Å². The van der Waals surface area contributed by atoms with Gasteiger partial charge in [0.25, 0.3) is 0 Å². The van der Waals surface area contributed by atoms with E-state index in [2.05, 4.69) is 26.5 Å². The van der Waals surface area contributed by atoms with Crippen molar-refractivity contribution in [2.24, 2.45) is 0 Å². The van der Waals surface area contributed by atoms with Crippen LogP contribution in [-0.2, 0) is 40.6 Å². The summed E-state index contributed by atoms with van der Waals surface area (Å²) >= 11 is 0. The molecule has 21 heavy (non-hydrogen) atoms. The van der Waals surface area contributed by atoms with Gasteiger partial charge in [0.15, 0.2) is 5.94 Å². The van der Waals surface area contributed by atoms with E-state index in [9.17, 15) is 4.79 Å². The first kappa shape index (κ1) is 27.3. The summed E-state index contributed by atoms with van der Waals surface area (Å²) in [5, 5.41) is 0. The molecule has 0 heterocycles. The minimum atomic E-state index is 0. The van der Waals surface area contributed by atoms with E-state index >= 15 is 0 Å². The van der Waals surface area contributed by atoms with E-state index in [4.69, 9.17) is 18.7 Å². The summed E-state index contributed by atoms with van der Waals surface area (Å²) in [7, 11) is 0. The maximum Gasteiger partial charge on any atom is 0 e. The van der Waals surface area contributed by atoms with Crippen molar-refractivity contribution < 1.29 is 40.6 Å². The summed E-state index contributed by atoms with van der Waals surface area (Å²) in [6.07, 6.45) is 0. The van der Waals surface area contributed by atoms with Crippen LogP contribution in [0.4, 0.5) is 0 Å². The van der Waals surface area contributed by atoms with E-state index in [1.165, 1.54) is 0 Å². The van der Waals surface area contributed by atoms with Gasteiger partial charge in [-0.05, 0) is 12.5 Å². The van der Waals surface area contributed by atoms with Crippen molar-refractivity contribution in [1.29, 1.82) is 0 Å². The van der Waals surface area contributed by atoms with Crippen molar-refractivity contribution in [3.63, 3.8) is 0 Å². The van der Waals surface area contributed by atoms with Gasteiger partial charge in [0.2, 0.25) is 5.76 Å². The van der Waals surface area contributed by atoms with Crippen molar-refractivity contribution in [2.75, 3.05) is 6.61 Å². The molecule has 1 aromatic carbocycles. The van der Waals surface area contributed by atoms with E-state index in [0.717, 1.165) is 5.56 Å². The Morgan fingerprint density at radius 1 is 1.14 bits per heavy atom. The van der Waals surface area contributed by atoms with Crippen LogP contribution in [0.3, 0.4) is 0 Å². The zero-order chi connectivity index (χ0) is 16.4. The van der Waals surface area contributed by atoms with Crippen molar-refractivity contribution in [2.45, 2.75) is 6.92 Å². The normalized spacial score (nSPS) is 6.24. The average Bonchev–Trinajstić information content (AvgIpc) is 2.58. The van der Waals surface area contributed by atoms with Crippen LogP contribution in [-0.4, -0.2) is 12.5 Å². The Bertz CT molecular complexity index is 468. The molecule has 0 unspecified atom stereocenters. The van der Waals surface area contributed by atoms with Crippen LogP contribution < -0.4 is 0 Å². The van der Waals surface area contributed by atoms with Crippen LogP contribution in [0.15, 0.2) is 42.7 Å². The Labute approximate surface area is 134 Å². The van der Waals surface area contributed by atoms with Crippen molar-refractivity contribution in [1.82, 2.24) is 0 Å². The fourth-order valence-electron chi connectivity index (χ4n) is 1.09. The molecule has 0 N–H and O–H groups in total. The monoisotopic (exact) mass is 328 g/mol. The molecule has 110 valence electrons. The first-order chi connectivity index (χ1) is 9.79. The predicted octanol–water partition coefficient (Wildman–Crippen LogP) is 2.34. The molecular formula is C15H12FeO5. The Morgan fingerprint density at radius 2 is 1.57 bits per heavy atom. The van der Waals surface area contributed by atoms with Gasteiger partial charge in [-0.3, -0.25) is 0 Å². The molecule has 5 nitrogen and oxygen atoms in total. The van der Waals surface area contributed by atoms with Crippen LogP contribution in [0.5, 0.6) is 0 Å². The van der Waals surface area contributed by atoms with E-state index in [1.54, 1.807) is 5.94 Å². The number of carbonyl (C=O) groups excluding carboxylic acids is 1. The molecule has 0 saturated heterocycles. The van der Waals surface area contributed by atoms with Gasteiger partial charge in [0.05, 0.1) is 6.61 Å². The van der Waals surface area contributed by atoms with Gasteiger partial charge in [0, 0.05) is 22.6 Å². The van der Waals surface area contributed by atoms with Crippen LogP contribution >= 0.6 is 0 Å². The molecule has 0 radical (unpaired) electrons. The zero-order valence-corrected chi connectivity index (χ0v) is 12.3. The third-order valence-electron chi connectivity index (χ3n) is 1.78. The number of benzene rings is 1. The summed E-state index contributed by atoms with van der Waals surface area (Å²) in [5.41, 5.74) is 1.45. The standard InChI is InChI=1S/C12H12O2.3CO.Fe/c1-3-14-12(9-13)10(2)11-7-5-4-6-8-11;3*1-2;/h4-8H,2-3H2,1H3;;;;. The Kier molecular flexibility index (Phi) is 30.0. The van der Waals surface area contributed by atoms with E-state index < -0.39 is 0 Å².